The van der Waals surface area contributed by atoms with Crippen molar-refractivity contribution in [2.45, 2.75) is 5.88 Å². The number of hydrogen-bond acceptors (Lipinski definition) is 3. The van der Waals surface area contributed by atoms with Gasteiger partial charge in [0.2, 0.25) is 0 Å². The van der Waals surface area contributed by atoms with E-state index in [-0.39, 0.29) is 5.97 Å². The number of pyridine rings is 1. The highest BCUT2D eigenvalue weighted by Gasteiger charge is 2.05. The molecule has 0 spiro atoms. The van der Waals surface area contributed by atoms with Gasteiger partial charge in [-0.25, -0.2) is 4.79 Å². The van der Waals surface area contributed by atoms with Crippen LogP contribution in [0.25, 0.3) is 11.3 Å². The van der Waals surface area contributed by atoms with Gasteiger partial charge in [0, 0.05) is 17.6 Å². The van der Waals surface area contributed by atoms with E-state index in [1.54, 1.807) is 18.3 Å². The largest absolute Gasteiger partial charge is 0.465 e. The van der Waals surface area contributed by atoms with Gasteiger partial charge in [0.05, 0.1) is 18.4 Å². The van der Waals surface area contributed by atoms with Crippen molar-refractivity contribution in [2.24, 2.45) is 0 Å². The maximum atomic E-state index is 11.3. The van der Waals surface area contributed by atoms with E-state index in [2.05, 4.69) is 9.72 Å². The summed E-state index contributed by atoms with van der Waals surface area (Å²) in [6.45, 7) is 0. The third-order valence-electron chi connectivity index (χ3n) is 2.58. The SMILES string of the molecule is COC(=O)c1ccc(-c2ccc(CCl)cn2)cc1. The fraction of sp³-hybridized carbons (Fsp3) is 0.143. The van der Waals surface area contributed by atoms with Crippen LogP contribution in [0.1, 0.15) is 15.9 Å². The first-order chi connectivity index (χ1) is 8.74. The number of hydrogen-bond donors (Lipinski definition) is 0. The number of carbonyl (C=O) groups is 1. The molecule has 92 valence electrons. The molecule has 0 fully saturated rings. The lowest BCUT2D eigenvalue weighted by atomic mass is 10.1. The quantitative estimate of drug-likeness (QED) is 0.629. The molecule has 0 saturated carbocycles. The van der Waals surface area contributed by atoms with Gasteiger partial charge in [-0.05, 0) is 23.8 Å². The van der Waals surface area contributed by atoms with Gasteiger partial charge in [0.1, 0.15) is 0 Å². The summed E-state index contributed by atoms with van der Waals surface area (Å²) in [5.41, 5.74) is 3.30. The molecule has 0 aliphatic rings. The number of nitrogens with zero attached hydrogens (tertiary/aromatic N) is 1. The number of aromatic nitrogens is 1. The summed E-state index contributed by atoms with van der Waals surface area (Å²) < 4.78 is 4.64. The predicted molar refractivity (Wildman–Crippen MR) is 70.6 cm³/mol. The molecule has 1 heterocycles. The van der Waals surface area contributed by atoms with E-state index in [4.69, 9.17) is 11.6 Å². The fourth-order valence-electron chi connectivity index (χ4n) is 1.57. The van der Waals surface area contributed by atoms with E-state index in [9.17, 15) is 4.79 Å². The molecule has 0 saturated heterocycles. The topological polar surface area (TPSA) is 39.2 Å². The predicted octanol–water partition coefficient (Wildman–Crippen LogP) is 3.27. The molecular weight excluding hydrogens is 250 g/mol. The van der Waals surface area contributed by atoms with Crippen molar-refractivity contribution in [1.29, 1.82) is 0 Å². The van der Waals surface area contributed by atoms with Crippen molar-refractivity contribution in [1.82, 2.24) is 4.98 Å². The molecule has 0 amide bonds. The van der Waals surface area contributed by atoms with Crippen molar-refractivity contribution in [3.05, 3.63) is 53.7 Å². The first-order valence-electron chi connectivity index (χ1n) is 5.44. The summed E-state index contributed by atoms with van der Waals surface area (Å²) >= 11 is 5.71. The average Bonchev–Trinajstić information content (AvgIpc) is 2.47. The fourth-order valence-corrected chi connectivity index (χ4v) is 1.73. The Hall–Kier alpha value is -1.87. The second-order valence-electron chi connectivity index (χ2n) is 3.75. The van der Waals surface area contributed by atoms with Crippen molar-refractivity contribution < 1.29 is 9.53 Å². The Balaban J connectivity index is 2.25. The number of ether oxygens (including phenoxy) is 1. The molecule has 4 heteroatoms. The summed E-state index contributed by atoms with van der Waals surface area (Å²) in [4.78, 5) is 15.6. The molecule has 2 rings (SSSR count). The monoisotopic (exact) mass is 261 g/mol. The molecule has 0 bridgehead atoms. The highest BCUT2D eigenvalue weighted by molar-refractivity contribution is 6.17. The molecule has 0 aliphatic heterocycles. The van der Waals surface area contributed by atoms with Gasteiger partial charge >= 0.3 is 5.97 Å². The standard InChI is InChI=1S/C14H12ClNO2/c1-18-14(17)12-5-3-11(4-6-12)13-7-2-10(8-15)9-16-13/h2-7,9H,8H2,1H3. The third-order valence-corrected chi connectivity index (χ3v) is 2.89. The van der Waals surface area contributed by atoms with Gasteiger partial charge in [0.15, 0.2) is 0 Å². The summed E-state index contributed by atoms with van der Waals surface area (Å²) in [6, 6.07) is 11.0. The minimum absolute atomic E-state index is 0.341. The number of alkyl halides is 1. The molecule has 0 unspecified atom stereocenters. The number of methoxy groups -OCH3 is 1. The Labute approximate surface area is 110 Å². The zero-order chi connectivity index (χ0) is 13.0. The van der Waals surface area contributed by atoms with Crippen LogP contribution >= 0.6 is 11.6 Å². The minimum atomic E-state index is -0.341. The lowest BCUT2D eigenvalue weighted by molar-refractivity contribution is 0.0601. The lowest BCUT2D eigenvalue weighted by Crippen LogP contribution is -2.00. The smallest absolute Gasteiger partial charge is 0.337 e. The molecule has 0 N–H and O–H groups in total. The van der Waals surface area contributed by atoms with E-state index in [1.165, 1.54) is 7.11 Å². The molecular formula is C14H12ClNO2. The maximum absolute atomic E-state index is 11.3. The van der Waals surface area contributed by atoms with Crippen LogP contribution in [-0.2, 0) is 10.6 Å². The molecule has 1 aromatic heterocycles. The van der Waals surface area contributed by atoms with Gasteiger partial charge in [-0.15, -0.1) is 11.6 Å². The number of esters is 1. The van der Waals surface area contributed by atoms with E-state index < -0.39 is 0 Å². The Bertz CT molecular complexity index is 535. The second-order valence-corrected chi connectivity index (χ2v) is 4.02. The van der Waals surface area contributed by atoms with Crippen LogP contribution in [0.4, 0.5) is 0 Å². The first-order valence-corrected chi connectivity index (χ1v) is 5.97. The molecule has 3 nitrogen and oxygen atoms in total. The number of rotatable bonds is 3. The third kappa shape index (κ3) is 2.68. The summed E-state index contributed by atoms with van der Waals surface area (Å²) in [6.07, 6.45) is 1.75. The molecule has 18 heavy (non-hydrogen) atoms. The number of halogens is 1. The minimum Gasteiger partial charge on any atom is -0.465 e. The van der Waals surface area contributed by atoms with E-state index in [0.717, 1.165) is 16.8 Å². The second kappa shape index (κ2) is 5.65. The van der Waals surface area contributed by atoms with Crippen LogP contribution < -0.4 is 0 Å². The van der Waals surface area contributed by atoms with Gasteiger partial charge < -0.3 is 4.74 Å². The first kappa shape index (κ1) is 12.6. The Morgan fingerprint density at radius 2 is 1.94 bits per heavy atom. The molecule has 0 aliphatic carbocycles. The molecule has 2 aromatic rings. The molecule has 0 atom stereocenters. The van der Waals surface area contributed by atoms with E-state index >= 15 is 0 Å². The Morgan fingerprint density at radius 1 is 1.22 bits per heavy atom. The Kier molecular flexibility index (Phi) is 3.95. The van der Waals surface area contributed by atoms with Crippen molar-refractivity contribution in [3.8, 4) is 11.3 Å². The average molecular weight is 262 g/mol. The highest BCUT2D eigenvalue weighted by Crippen LogP contribution is 2.18. The zero-order valence-corrected chi connectivity index (χ0v) is 10.6. The van der Waals surface area contributed by atoms with Crippen LogP contribution in [0.15, 0.2) is 42.6 Å². The zero-order valence-electron chi connectivity index (χ0n) is 9.89. The maximum Gasteiger partial charge on any atom is 0.337 e. The van der Waals surface area contributed by atoms with Crippen LogP contribution in [0.3, 0.4) is 0 Å². The van der Waals surface area contributed by atoms with Crippen molar-refractivity contribution >= 4 is 17.6 Å². The van der Waals surface area contributed by atoms with Crippen molar-refractivity contribution in [2.75, 3.05) is 7.11 Å². The normalized spacial score (nSPS) is 10.1. The van der Waals surface area contributed by atoms with Gasteiger partial charge in [-0.3, -0.25) is 4.98 Å². The lowest BCUT2D eigenvalue weighted by Gasteiger charge is -2.03. The van der Waals surface area contributed by atoms with Gasteiger partial charge in [0.25, 0.3) is 0 Å². The summed E-state index contributed by atoms with van der Waals surface area (Å²) in [7, 11) is 1.36. The van der Waals surface area contributed by atoms with E-state index in [0.29, 0.717) is 11.4 Å². The van der Waals surface area contributed by atoms with E-state index in [1.807, 2.05) is 24.3 Å². The highest BCUT2D eigenvalue weighted by atomic mass is 35.5. The summed E-state index contributed by atoms with van der Waals surface area (Å²) in [5, 5.41) is 0. The van der Waals surface area contributed by atoms with Crippen molar-refractivity contribution in [3.63, 3.8) is 0 Å². The van der Waals surface area contributed by atoms with Crippen LogP contribution in [-0.4, -0.2) is 18.1 Å². The molecule has 1 aromatic carbocycles. The molecule has 0 radical (unpaired) electrons. The van der Waals surface area contributed by atoms with Gasteiger partial charge in [-0.2, -0.15) is 0 Å². The number of carbonyl (C=O) groups excluding carboxylic acids is 1. The van der Waals surface area contributed by atoms with Gasteiger partial charge in [-0.1, -0.05) is 18.2 Å². The van der Waals surface area contributed by atoms with Crippen LogP contribution in [0, 0.1) is 0 Å². The number of benzene rings is 1. The van der Waals surface area contributed by atoms with Crippen LogP contribution in [0.5, 0.6) is 0 Å². The van der Waals surface area contributed by atoms with Crippen LogP contribution in [0.2, 0.25) is 0 Å². The summed E-state index contributed by atoms with van der Waals surface area (Å²) in [5.74, 6) is 0.112. The Morgan fingerprint density at radius 3 is 2.44 bits per heavy atom.